The lowest BCUT2D eigenvalue weighted by atomic mass is 9.66. The minimum atomic E-state index is -0.925. The van der Waals surface area contributed by atoms with E-state index in [1.165, 1.54) is 0 Å². The van der Waals surface area contributed by atoms with E-state index in [0.717, 1.165) is 57.2 Å². The van der Waals surface area contributed by atoms with Crippen molar-refractivity contribution in [3.8, 4) is 0 Å². The third-order valence-electron chi connectivity index (χ3n) is 6.83. The van der Waals surface area contributed by atoms with Gasteiger partial charge in [-0.15, -0.1) is 0 Å². The molecule has 1 atom stereocenters. The van der Waals surface area contributed by atoms with Gasteiger partial charge in [0.2, 0.25) is 0 Å². The topological polar surface area (TPSA) is 80.6 Å². The highest BCUT2D eigenvalue weighted by Crippen LogP contribution is 2.50. The predicted molar refractivity (Wildman–Crippen MR) is 102 cm³/mol. The summed E-state index contributed by atoms with van der Waals surface area (Å²) in [5, 5.41) is 15.0. The Labute approximate surface area is 159 Å². The Balaban J connectivity index is 1.69. The van der Waals surface area contributed by atoms with Crippen LogP contribution in [0.5, 0.6) is 0 Å². The van der Waals surface area contributed by atoms with Gasteiger partial charge in [0, 0.05) is 24.2 Å². The molecule has 6 heteroatoms. The van der Waals surface area contributed by atoms with E-state index in [9.17, 15) is 14.7 Å². The predicted octanol–water partition coefficient (Wildman–Crippen LogP) is 2.19. The number of nitrogens with one attached hydrogen (secondary N) is 1. The summed E-state index contributed by atoms with van der Waals surface area (Å²) in [6.45, 7) is 3.87. The summed E-state index contributed by atoms with van der Waals surface area (Å²) in [6, 6.07) is 1.59. The summed E-state index contributed by atoms with van der Waals surface area (Å²) in [6.07, 6.45) is 8.48. The first-order valence-electron chi connectivity index (χ1n) is 10.3. The first kappa shape index (κ1) is 18.7. The summed E-state index contributed by atoms with van der Waals surface area (Å²) < 4.78 is 6.77. The van der Waals surface area contributed by atoms with Crippen molar-refractivity contribution in [1.82, 2.24) is 9.88 Å². The molecular weight excluding hydrogens is 344 g/mol. The zero-order valence-corrected chi connectivity index (χ0v) is 16.1. The van der Waals surface area contributed by atoms with Gasteiger partial charge in [0.1, 0.15) is 0 Å². The Bertz CT molecular complexity index is 777. The van der Waals surface area contributed by atoms with Crippen molar-refractivity contribution in [2.45, 2.75) is 69.9 Å². The van der Waals surface area contributed by atoms with E-state index in [1.54, 1.807) is 23.8 Å². The molecule has 1 spiro atoms. The molecule has 0 unspecified atom stereocenters. The fraction of sp³-hybridized carbons (Fsp3) is 0.714. The molecule has 2 saturated carbocycles. The summed E-state index contributed by atoms with van der Waals surface area (Å²) >= 11 is 0. The van der Waals surface area contributed by atoms with E-state index in [4.69, 9.17) is 4.74 Å². The van der Waals surface area contributed by atoms with Crippen molar-refractivity contribution < 1.29 is 14.6 Å². The molecule has 1 aromatic heterocycles. The van der Waals surface area contributed by atoms with E-state index in [0.29, 0.717) is 18.6 Å². The van der Waals surface area contributed by atoms with Crippen LogP contribution in [0.15, 0.2) is 17.1 Å². The second-order valence-corrected chi connectivity index (χ2v) is 8.55. The number of ether oxygens (including phenoxy) is 1. The number of aromatic nitrogens is 1. The molecule has 2 heterocycles. The van der Waals surface area contributed by atoms with E-state index in [-0.39, 0.29) is 29.4 Å². The number of aliphatic hydroxyl groups is 1. The lowest BCUT2D eigenvalue weighted by Crippen LogP contribution is -2.60. The van der Waals surface area contributed by atoms with Crippen LogP contribution < -0.4 is 10.9 Å². The summed E-state index contributed by atoms with van der Waals surface area (Å²) in [5.74, 6) is -0.0871. The monoisotopic (exact) mass is 374 g/mol. The number of esters is 1. The first-order valence-corrected chi connectivity index (χ1v) is 10.3. The highest BCUT2D eigenvalue weighted by molar-refractivity contribution is 5.91. The fourth-order valence-corrected chi connectivity index (χ4v) is 5.10. The van der Waals surface area contributed by atoms with Crippen molar-refractivity contribution in [3.63, 3.8) is 0 Å². The molecule has 0 bridgehead atoms. The number of hydrogen-bond acceptors (Lipinski definition) is 5. The second kappa shape index (κ2) is 7.06. The molecule has 148 valence electrons. The van der Waals surface area contributed by atoms with Crippen molar-refractivity contribution in [2.75, 3.05) is 19.7 Å². The average Bonchev–Trinajstić information content (AvgIpc) is 3.38. The maximum Gasteiger partial charge on any atom is 0.339 e. The van der Waals surface area contributed by atoms with Crippen molar-refractivity contribution >= 4 is 5.97 Å². The van der Waals surface area contributed by atoms with E-state index >= 15 is 0 Å². The molecule has 4 rings (SSSR count). The number of nitrogens with zero attached hydrogens (tertiary/aromatic N) is 1. The minimum Gasteiger partial charge on any atom is -0.462 e. The van der Waals surface area contributed by atoms with Gasteiger partial charge in [-0.2, -0.15) is 0 Å². The molecular formula is C21H30N2O4. The molecule has 1 aliphatic heterocycles. The fourth-order valence-electron chi connectivity index (χ4n) is 5.10. The number of pyridine rings is 1. The van der Waals surface area contributed by atoms with Crippen molar-refractivity contribution in [2.24, 2.45) is 5.41 Å². The lowest BCUT2D eigenvalue weighted by Gasteiger charge is -2.49. The number of rotatable bonds is 5. The Kier molecular flexibility index (Phi) is 4.89. The van der Waals surface area contributed by atoms with Crippen LogP contribution in [0.2, 0.25) is 0 Å². The molecule has 27 heavy (non-hydrogen) atoms. The van der Waals surface area contributed by atoms with Gasteiger partial charge in [-0.1, -0.05) is 12.8 Å². The van der Waals surface area contributed by atoms with Crippen LogP contribution in [-0.2, 0) is 11.3 Å². The zero-order valence-electron chi connectivity index (χ0n) is 16.1. The molecule has 2 N–H and O–H groups in total. The molecule has 2 aliphatic carbocycles. The standard InChI is InChI=1S/C21H30N2O4/c1-2-27-19(25)17-12-23(18(24)11-16(17)15-5-6-15)14-21(26)9-10-22-13-20(21)7-3-4-8-20/h11-12,15,22,26H,2-10,13-14H2,1H3/t21-/m1/s1. The Morgan fingerprint density at radius 2 is 2.07 bits per heavy atom. The smallest absolute Gasteiger partial charge is 0.339 e. The minimum absolute atomic E-state index is 0.134. The van der Waals surface area contributed by atoms with E-state index in [1.807, 2.05) is 0 Å². The molecule has 6 nitrogen and oxygen atoms in total. The van der Waals surface area contributed by atoms with Gasteiger partial charge < -0.3 is 19.7 Å². The summed E-state index contributed by atoms with van der Waals surface area (Å²) in [5.41, 5.74) is 0.0554. The summed E-state index contributed by atoms with van der Waals surface area (Å²) in [7, 11) is 0. The van der Waals surface area contributed by atoms with Gasteiger partial charge in [0.05, 0.1) is 24.3 Å². The third-order valence-corrected chi connectivity index (χ3v) is 6.83. The molecule has 3 aliphatic rings. The van der Waals surface area contributed by atoms with Gasteiger partial charge in [-0.25, -0.2) is 4.79 Å². The van der Waals surface area contributed by atoms with Crippen LogP contribution in [0.3, 0.4) is 0 Å². The molecule has 3 fully saturated rings. The first-order chi connectivity index (χ1) is 13.0. The second-order valence-electron chi connectivity index (χ2n) is 8.55. The molecule has 1 aromatic rings. The maximum atomic E-state index is 12.8. The number of hydrogen-bond donors (Lipinski definition) is 2. The van der Waals surface area contributed by atoms with Crippen molar-refractivity contribution in [1.29, 1.82) is 0 Å². The van der Waals surface area contributed by atoms with Crippen molar-refractivity contribution in [3.05, 3.63) is 33.7 Å². The number of carbonyl (C=O) groups excluding carboxylic acids is 1. The normalized spacial score (nSPS) is 27.0. The quantitative estimate of drug-likeness (QED) is 0.772. The van der Waals surface area contributed by atoms with Crippen LogP contribution in [0, 0.1) is 5.41 Å². The highest BCUT2D eigenvalue weighted by Gasteiger charge is 2.53. The van der Waals surface area contributed by atoms with Crippen LogP contribution in [0.25, 0.3) is 0 Å². The average molecular weight is 374 g/mol. The maximum absolute atomic E-state index is 12.8. The van der Waals surface area contributed by atoms with E-state index in [2.05, 4.69) is 5.32 Å². The zero-order chi connectivity index (χ0) is 19.1. The number of carbonyl (C=O) groups is 1. The molecule has 0 amide bonds. The van der Waals surface area contributed by atoms with Gasteiger partial charge in [-0.3, -0.25) is 4.79 Å². The number of piperidine rings is 1. The van der Waals surface area contributed by atoms with E-state index < -0.39 is 5.60 Å². The lowest BCUT2D eigenvalue weighted by molar-refractivity contribution is -0.115. The molecule has 0 aromatic carbocycles. The Morgan fingerprint density at radius 3 is 2.74 bits per heavy atom. The molecule has 0 radical (unpaired) electrons. The molecule has 1 saturated heterocycles. The summed E-state index contributed by atoms with van der Waals surface area (Å²) in [4.78, 5) is 25.3. The van der Waals surface area contributed by atoms with Gasteiger partial charge in [-0.05, 0) is 57.1 Å². The SMILES string of the molecule is CCOC(=O)c1cn(C[C@]2(O)CCNCC23CCCC3)c(=O)cc1C1CC1. The van der Waals surface area contributed by atoms with Gasteiger partial charge in [0.15, 0.2) is 0 Å². The van der Waals surface area contributed by atoms with Gasteiger partial charge >= 0.3 is 5.97 Å². The van der Waals surface area contributed by atoms with Gasteiger partial charge in [0.25, 0.3) is 5.56 Å². The largest absolute Gasteiger partial charge is 0.462 e. The Morgan fingerprint density at radius 1 is 1.33 bits per heavy atom. The van der Waals surface area contributed by atoms with Crippen LogP contribution in [-0.4, -0.2) is 40.9 Å². The Hall–Kier alpha value is -1.66. The van der Waals surface area contributed by atoms with Crippen LogP contribution >= 0.6 is 0 Å². The van der Waals surface area contributed by atoms with Crippen LogP contribution in [0.1, 0.15) is 73.7 Å². The third kappa shape index (κ3) is 3.34. The van der Waals surface area contributed by atoms with Crippen LogP contribution in [0.4, 0.5) is 0 Å². The highest BCUT2D eigenvalue weighted by atomic mass is 16.5.